The van der Waals surface area contributed by atoms with Gasteiger partial charge in [0.05, 0.1) is 17.4 Å². The number of carbonyl (C=O) groups is 1. The lowest BCUT2D eigenvalue weighted by Gasteiger charge is -2.11. The molecule has 3 heterocycles. The van der Waals surface area contributed by atoms with Crippen LogP contribution in [0.2, 0.25) is 0 Å². The summed E-state index contributed by atoms with van der Waals surface area (Å²) in [6.45, 7) is 1.97. The molecule has 0 saturated carbocycles. The van der Waals surface area contributed by atoms with Gasteiger partial charge >= 0.3 is 0 Å². The number of rotatable bonds is 6. The van der Waals surface area contributed by atoms with Gasteiger partial charge < -0.3 is 14.7 Å². The molecular weight excluding hydrogens is 368 g/mol. The van der Waals surface area contributed by atoms with Gasteiger partial charge in [-0.25, -0.2) is 0 Å². The summed E-state index contributed by atoms with van der Waals surface area (Å²) < 4.78 is 5.71. The summed E-state index contributed by atoms with van der Waals surface area (Å²) in [4.78, 5) is 16.4. The molecule has 4 rings (SSSR count). The lowest BCUT2D eigenvalue weighted by molar-refractivity contribution is -0.119. The predicted octanol–water partition coefficient (Wildman–Crippen LogP) is 4.25. The molecule has 4 aromatic rings. The summed E-state index contributed by atoms with van der Waals surface area (Å²) >= 11 is 2.86. The van der Waals surface area contributed by atoms with Crippen LogP contribution in [0.3, 0.4) is 0 Å². The quantitative estimate of drug-likeness (QED) is 0.486. The molecule has 26 heavy (non-hydrogen) atoms. The van der Waals surface area contributed by atoms with Crippen molar-refractivity contribution >= 4 is 39.9 Å². The number of fused-ring (bicyclic) bond motifs is 1. The molecule has 0 fully saturated rings. The standard InChI is InChI=1S/C18H16N4O2S2/c1-11(15-7-4-8-25-15)20-16(23)10-26-18-22-21-17(24-18)13-9-19-14-6-3-2-5-12(13)14/h2-9,11,19H,10H2,1H3,(H,20,23)/t11-/m1/s1. The number of amides is 1. The highest BCUT2D eigenvalue weighted by Gasteiger charge is 2.15. The van der Waals surface area contributed by atoms with E-state index in [1.807, 2.05) is 54.9 Å². The minimum absolute atomic E-state index is 0.00688. The Morgan fingerprint density at radius 1 is 1.31 bits per heavy atom. The summed E-state index contributed by atoms with van der Waals surface area (Å²) in [6.07, 6.45) is 1.85. The summed E-state index contributed by atoms with van der Waals surface area (Å²) in [5.41, 5.74) is 1.87. The van der Waals surface area contributed by atoms with Crippen molar-refractivity contribution in [2.24, 2.45) is 0 Å². The smallest absolute Gasteiger partial charge is 0.277 e. The van der Waals surface area contributed by atoms with E-state index in [2.05, 4.69) is 20.5 Å². The predicted molar refractivity (Wildman–Crippen MR) is 103 cm³/mol. The Bertz CT molecular complexity index is 1020. The van der Waals surface area contributed by atoms with Crippen molar-refractivity contribution in [3.8, 4) is 11.5 Å². The van der Waals surface area contributed by atoms with Crippen molar-refractivity contribution in [3.63, 3.8) is 0 Å². The Morgan fingerprint density at radius 3 is 3.04 bits per heavy atom. The molecule has 132 valence electrons. The second-order valence-electron chi connectivity index (χ2n) is 5.71. The molecule has 0 aliphatic heterocycles. The maximum atomic E-state index is 12.1. The molecule has 1 aromatic carbocycles. The molecule has 0 aliphatic rings. The first-order valence-electron chi connectivity index (χ1n) is 8.06. The van der Waals surface area contributed by atoms with Crippen LogP contribution >= 0.6 is 23.1 Å². The average Bonchev–Trinajstić information content (AvgIpc) is 3.39. The fourth-order valence-electron chi connectivity index (χ4n) is 2.64. The summed E-state index contributed by atoms with van der Waals surface area (Å²) in [6, 6.07) is 11.9. The Morgan fingerprint density at radius 2 is 2.19 bits per heavy atom. The summed E-state index contributed by atoms with van der Waals surface area (Å²) in [7, 11) is 0. The Kier molecular flexibility index (Phi) is 4.77. The fourth-order valence-corrected chi connectivity index (χ4v) is 3.95. The molecule has 8 heteroatoms. The van der Waals surface area contributed by atoms with E-state index in [9.17, 15) is 4.79 Å². The third kappa shape index (κ3) is 3.51. The van der Waals surface area contributed by atoms with E-state index in [-0.39, 0.29) is 17.7 Å². The minimum Gasteiger partial charge on any atom is -0.411 e. The molecule has 0 unspecified atom stereocenters. The van der Waals surface area contributed by atoms with Gasteiger partial charge in [-0.2, -0.15) is 0 Å². The van der Waals surface area contributed by atoms with Gasteiger partial charge in [-0.1, -0.05) is 36.0 Å². The van der Waals surface area contributed by atoms with Gasteiger partial charge in [0.15, 0.2) is 0 Å². The van der Waals surface area contributed by atoms with E-state index in [4.69, 9.17) is 4.42 Å². The first kappa shape index (κ1) is 16.9. The van der Waals surface area contributed by atoms with Crippen LogP contribution < -0.4 is 5.32 Å². The van der Waals surface area contributed by atoms with E-state index < -0.39 is 0 Å². The maximum Gasteiger partial charge on any atom is 0.277 e. The molecule has 0 saturated heterocycles. The monoisotopic (exact) mass is 384 g/mol. The highest BCUT2D eigenvalue weighted by atomic mass is 32.2. The van der Waals surface area contributed by atoms with Crippen molar-refractivity contribution < 1.29 is 9.21 Å². The number of nitrogens with zero attached hydrogens (tertiary/aromatic N) is 2. The summed E-state index contributed by atoms with van der Waals surface area (Å²) in [5.74, 6) is 0.602. The number of nitrogens with one attached hydrogen (secondary N) is 2. The molecule has 0 aliphatic carbocycles. The van der Waals surface area contributed by atoms with Gasteiger partial charge in [-0.15, -0.1) is 21.5 Å². The van der Waals surface area contributed by atoms with Crippen molar-refractivity contribution in [2.75, 3.05) is 5.75 Å². The van der Waals surface area contributed by atoms with Crippen molar-refractivity contribution in [2.45, 2.75) is 18.2 Å². The van der Waals surface area contributed by atoms with Crippen LogP contribution in [0.1, 0.15) is 17.8 Å². The number of benzene rings is 1. The van der Waals surface area contributed by atoms with Gasteiger partial charge in [-0.05, 0) is 24.4 Å². The molecule has 2 N–H and O–H groups in total. The fraction of sp³-hybridized carbons (Fsp3) is 0.167. The van der Waals surface area contributed by atoms with Crippen LogP contribution in [-0.4, -0.2) is 26.8 Å². The third-order valence-electron chi connectivity index (χ3n) is 3.90. The average molecular weight is 384 g/mol. The molecule has 0 radical (unpaired) electrons. The first-order chi connectivity index (χ1) is 12.7. The zero-order valence-electron chi connectivity index (χ0n) is 13.9. The Labute approximate surface area is 158 Å². The zero-order chi connectivity index (χ0) is 17.9. The molecule has 1 atom stereocenters. The number of hydrogen-bond donors (Lipinski definition) is 2. The van der Waals surface area contributed by atoms with Crippen LogP contribution in [0.25, 0.3) is 22.4 Å². The van der Waals surface area contributed by atoms with Crippen LogP contribution in [0.5, 0.6) is 0 Å². The van der Waals surface area contributed by atoms with Gasteiger partial charge in [0.25, 0.3) is 11.1 Å². The Hall–Kier alpha value is -2.58. The number of carbonyl (C=O) groups excluding carboxylic acids is 1. The van der Waals surface area contributed by atoms with E-state index in [0.717, 1.165) is 21.3 Å². The number of thioether (sulfide) groups is 1. The highest BCUT2D eigenvalue weighted by molar-refractivity contribution is 7.99. The molecule has 1 amide bonds. The van der Waals surface area contributed by atoms with E-state index in [0.29, 0.717) is 11.1 Å². The SMILES string of the molecule is C[C@@H](NC(=O)CSc1nnc(-c2c[nH]c3ccccc23)o1)c1cccs1. The van der Waals surface area contributed by atoms with Crippen molar-refractivity contribution in [1.29, 1.82) is 0 Å². The number of aromatic nitrogens is 3. The van der Waals surface area contributed by atoms with Crippen LogP contribution in [-0.2, 0) is 4.79 Å². The number of para-hydroxylation sites is 1. The molecule has 0 spiro atoms. The third-order valence-corrected chi connectivity index (χ3v) is 5.77. The normalized spacial score (nSPS) is 12.3. The highest BCUT2D eigenvalue weighted by Crippen LogP contribution is 2.29. The number of hydrogen-bond acceptors (Lipinski definition) is 6. The Balaban J connectivity index is 1.39. The zero-order valence-corrected chi connectivity index (χ0v) is 15.6. The number of aromatic amines is 1. The van der Waals surface area contributed by atoms with Crippen LogP contribution in [0.4, 0.5) is 0 Å². The minimum atomic E-state index is -0.0669. The second-order valence-corrected chi connectivity index (χ2v) is 7.62. The van der Waals surface area contributed by atoms with Gasteiger partial charge in [-0.3, -0.25) is 4.79 Å². The molecule has 6 nitrogen and oxygen atoms in total. The van der Waals surface area contributed by atoms with E-state index in [1.54, 1.807) is 11.3 Å². The van der Waals surface area contributed by atoms with Crippen molar-refractivity contribution in [1.82, 2.24) is 20.5 Å². The van der Waals surface area contributed by atoms with Crippen LogP contribution in [0.15, 0.2) is 57.6 Å². The molecule has 0 bridgehead atoms. The lowest BCUT2D eigenvalue weighted by atomic mass is 10.2. The molecular formula is C18H16N4O2S2. The number of thiophene rings is 1. The molecule has 3 aromatic heterocycles. The first-order valence-corrected chi connectivity index (χ1v) is 9.93. The van der Waals surface area contributed by atoms with E-state index in [1.165, 1.54) is 11.8 Å². The van der Waals surface area contributed by atoms with E-state index >= 15 is 0 Å². The van der Waals surface area contributed by atoms with Gasteiger partial charge in [0, 0.05) is 22.0 Å². The largest absolute Gasteiger partial charge is 0.411 e. The van der Waals surface area contributed by atoms with Gasteiger partial charge in [0.2, 0.25) is 5.91 Å². The number of H-pyrrole nitrogens is 1. The van der Waals surface area contributed by atoms with Gasteiger partial charge in [0.1, 0.15) is 0 Å². The van der Waals surface area contributed by atoms with Crippen LogP contribution in [0, 0.1) is 0 Å². The van der Waals surface area contributed by atoms with Crippen molar-refractivity contribution in [3.05, 3.63) is 52.9 Å². The lowest BCUT2D eigenvalue weighted by Crippen LogP contribution is -2.27. The summed E-state index contributed by atoms with van der Waals surface area (Å²) in [5, 5.41) is 14.5. The maximum absolute atomic E-state index is 12.1. The second kappa shape index (κ2) is 7.35. The topological polar surface area (TPSA) is 83.8 Å².